The van der Waals surface area contributed by atoms with E-state index >= 15 is 0 Å². The zero-order valence-corrected chi connectivity index (χ0v) is 10.2. The SMILES string of the molecule is CN1CCn2nc(C3(CN)CCOCC3)nc21. The van der Waals surface area contributed by atoms with Gasteiger partial charge < -0.3 is 15.4 Å². The lowest BCUT2D eigenvalue weighted by molar-refractivity contribution is 0.0498. The van der Waals surface area contributed by atoms with Gasteiger partial charge in [0.25, 0.3) is 0 Å². The normalized spacial score (nSPS) is 22.8. The second-order valence-electron chi connectivity index (χ2n) is 4.98. The average Bonchev–Trinajstić information content (AvgIpc) is 2.93. The Morgan fingerprint density at radius 3 is 2.76 bits per heavy atom. The number of nitrogens with two attached hydrogens (primary N) is 1. The summed E-state index contributed by atoms with van der Waals surface area (Å²) in [6.07, 6.45) is 1.85. The fourth-order valence-electron chi connectivity index (χ4n) is 2.62. The van der Waals surface area contributed by atoms with Gasteiger partial charge in [-0.3, -0.25) is 0 Å². The van der Waals surface area contributed by atoms with Crippen molar-refractivity contribution < 1.29 is 4.74 Å². The van der Waals surface area contributed by atoms with Gasteiger partial charge in [0.1, 0.15) is 0 Å². The molecule has 2 aliphatic rings. The van der Waals surface area contributed by atoms with Crippen LogP contribution in [0.5, 0.6) is 0 Å². The molecular formula is C11H19N5O. The van der Waals surface area contributed by atoms with Crippen molar-refractivity contribution in [2.24, 2.45) is 5.73 Å². The topological polar surface area (TPSA) is 69.2 Å². The molecule has 3 heterocycles. The Kier molecular flexibility index (Phi) is 2.56. The maximum Gasteiger partial charge on any atom is 0.223 e. The summed E-state index contributed by atoms with van der Waals surface area (Å²) in [5.41, 5.74) is 5.89. The summed E-state index contributed by atoms with van der Waals surface area (Å²) in [5, 5.41) is 4.64. The number of hydrogen-bond acceptors (Lipinski definition) is 5. The van der Waals surface area contributed by atoms with Gasteiger partial charge in [0.05, 0.1) is 6.54 Å². The lowest BCUT2D eigenvalue weighted by atomic mass is 9.79. The van der Waals surface area contributed by atoms with Gasteiger partial charge in [-0.25, -0.2) is 4.68 Å². The first kappa shape index (κ1) is 11.0. The Bertz CT molecular complexity index is 410. The van der Waals surface area contributed by atoms with E-state index in [9.17, 15) is 0 Å². The fraction of sp³-hybridized carbons (Fsp3) is 0.818. The van der Waals surface area contributed by atoms with Gasteiger partial charge in [-0.1, -0.05) is 0 Å². The lowest BCUT2D eigenvalue weighted by Gasteiger charge is -2.33. The number of fused-ring (bicyclic) bond motifs is 1. The zero-order chi connectivity index (χ0) is 11.9. The van der Waals surface area contributed by atoms with Crippen LogP contribution < -0.4 is 10.6 Å². The van der Waals surface area contributed by atoms with Gasteiger partial charge in [-0.05, 0) is 12.8 Å². The molecule has 6 heteroatoms. The van der Waals surface area contributed by atoms with Gasteiger partial charge in [-0.2, -0.15) is 10.1 Å². The average molecular weight is 237 g/mol. The molecule has 94 valence electrons. The lowest BCUT2D eigenvalue weighted by Crippen LogP contribution is -2.41. The van der Waals surface area contributed by atoms with E-state index in [0.29, 0.717) is 6.54 Å². The summed E-state index contributed by atoms with van der Waals surface area (Å²) in [5.74, 6) is 1.88. The van der Waals surface area contributed by atoms with Crippen molar-refractivity contribution in [2.75, 3.05) is 38.3 Å². The number of hydrogen-bond donors (Lipinski definition) is 1. The minimum absolute atomic E-state index is 0.0730. The van der Waals surface area contributed by atoms with Crippen LogP contribution in [0, 0.1) is 0 Å². The van der Waals surface area contributed by atoms with Crippen LogP contribution in [0.3, 0.4) is 0 Å². The molecule has 1 aromatic heterocycles. The van der Waals surface area contributed by atoms with E-state index in [-0.39, 0.29) is 5.41 Å². The van der Waals surface area contributed by atoms with Gasteiger partial charge in [0.15, 0.2) is 5.82 Å². The van der Waals surface area contributed by atoms with Gasteiger partial charge in [-0.15, -0.1) is 0 Å². The Hall–Kier alpha value is -1.14. The molecule has 1 saturated heterocycles. The highest BCUT2D eigenvalue weighted by molar-refractivity contribution is 5.34. The first-order valence-corrected chi connectivity index (χ1v) is 6.19. The van der Waals surface area contributed by atoms with Crippen LogP contribution in [0.2, 0.25) is 0 Å². The molecule has 1 aromatic rings. The van der Waals surface area contributed by atoms with Crippen LogP contribution in [0.15, 0.2) is 0 Å². The smallest absolute Gasteiger partial charge is 0.223 e. The third-order valence-electron chi connectivity index (χ3n) is 3.96. The van der Waals surface area contributed by atoms with E-state index in [4.69, 9.17) is 10.5 Å². The summed E-state index contributed by atoms with van der Waals surface area (Å²) in [6, 6.07) is 0. The largest absolute Gasteiger partial charge is 0.381 e. The number of nitrogens with zero attached hydrogens (tertiary/aromatic N) is 4. The third-order valence-corrected chi connectivity index (χ3v) is 3.96. The number of likely N-dealkylation sites (N-methyl/N-ethyl adjacent to an activating group) is 1. The molecule has 0 unspecified atom stereocenters. The van der Waals surface area contributed by atoms with Gasteiger partial charge in [0.2, 0.25) is 5.95 Å². The molecule has 1 fully saturated rings. The maximum absolute atomic E-state index is 5.97. The van der Waals surface area contributed by atoms with Crippen LogP contribution >= 0.6 is 0 Å². The predicted octanol–water partition coefficient (Wildman–Crippen LogP) is -0.265. The summed E-state index contributed by atoms with van der Waals surface area (Å²) in [7, 11) is 2.05. The van der Waals surface area contributed by atoms with Crippen molar-refractivity contribution in [3.8, 4) is 0 Å². The molecule has 0 aliphatic carbocycles. The van der Waals surface area contributed by atoms with Crippen LogP contribution in [0.1, 0.15) is 18.7 Å². The second kappa shape index (κ2) is 3.96. The monoisotopic (exact) mass is 237 g/mol. The summed E-state index contributed by atoms with van der Waals surface area (Å²) in [4.78, 5) is 6.82. The highest BCUT2D eigenvalue weighted by Gasteiger charge is 2.38. The van der Waals surface area contributed by atoms with E-state index in [0.717, 1.165) is 50.9 Å². The number of aromatic nitrogens is 3. The third kappa shape index (κ3) is 1.63. The zero-order valence-electron chi connectivity index (χ0n) is 10.2. The Morgan fingerprint density at radius 1 is 1.35 bits per heavy atom. The maximum atomic E-state index is 5.97. The van der Waals surface area contributed by atoms with Crippen molar-refractivity contribution in [3.05, 3.63) is 5.82 Å². The Balaban J connectivity index is 1.94. The van der Waals surface area contributed by atoms with E-state index in [1.807, 2.05) is 4.68 Å². The van der Waals surface area contributed by atoms with Gasteiger partial charge >= 0.3 is 0 Å². The van der Waals surface area contributed by atoms with Crippen LogP contribution in [0.25, 0.3) is 0 Å². The molecule has 2 aliphatic heterocycles. The summed E-state index contributed by atoms with van der Waals surface area (Å²) < 4.78 is 7.41. The quantitative estimate of drug-likeness (QED) is 0.767. The fourth-order valence-corrected chi connectivity index (χ4v) is 2.62. The van der Waals surface area contributed by atoms with Crippen LogP contribution in [0.4, 0.5) is 5.95 Å². The highest BCUT2D eigenvalue weighted by atomic mass is 16.5. The standard InChI is InChI=1S/C11H19N5O/c1-15-4-5-16-10(15)13-9(14-16)11(8-12)2-6-17-7-3-11/h2-8,12H2,1H3. The van der Waals surface area contributed by atoms with Crippen LogP contribution in [-0.4, -0.2) is 48.1 Å². The van der Waals surface area contributed by atoms with E-state index < -0.39 is 0 Å². The van der Waals surface area contributed by atoms with E-state index in [1.54, 1.807) is 0 Å². The Morgan fingerprint density at radius 2 is 2.12 bits per heavy atom. The molecule has 0 aromatic carbocycles. The minimum atomic E-state index is -0.0730. The van der Waals surface area contributed by atoms with Crippen molar-refractivity contribution >= 4 is 5.95 Å². The van der Waals surface area contributed by atoms with Crippen molar-refractivity contribution in [2.45, 2.75) is 24.8 Å². The van der Waals surface area contributed by atoms with Crippen molar-refractivity contribution in [1.29, 1.82) is 0 Å². The summed E-state index contributed by atoms with van der Waals surface area (Å²) in [6.45, 7) is 4.04. The molecule has 6 nitrogen and oxygen atoms in total. The van der Waals surface area contributed by atoms with E-state index in [2.05, 4.69) is 22.0 Å². The minimum Gasteiger partial charge on any atom is -0.381 e. The first-order valence-electron chi connectivity index (χ1n) is 6.19. The second-order valence-corrected chi connectivity index (χ2v) is 4.98. The highest BCUT2D eigenvalue weighted by Crippen LogP contribution is 2.33. The van der Waals surface area contributed by atoms with Crippen LogP contribution in [-0.2, 0) is 16.7 Å². The molecular weight excluding hydrogens is 218 g/mol. The molecule has 2 N–H and O–H groups in total. The molecule has 0 saturated carbocycles. The molecule has 0 spiro atoms. The number of ether oxygens (including phenoxy) is 1. The predicted molar refractivity (Wildman–Crippen MR) is 64.1 cm³/mol. The molecule has 0 amide bonds. The molecule has 0 bridgehead atoms. The number of rotatable bonds is 2. The van der Waals surface area contributed by atoms with Crippen molar-refractivity contribution in [1.82, 2.24) is 14.8 Å². The summed E-state index contributed by atoms with van der Waals surface area (Å²) >= 11 is 0. The molecule has 0 atom stereocenters. The molecule has 0 radical (unpaired) electrons. The number of anilines is 1. The molecule has 17 heavy (non-hydrogen) atoms. The van der Waals surface area contributed by atoms with E-state index in [1.165, 1.54) is 0 Å². The van der Waals surface area contributed by atoms with Gasteiger partial charge in [0, 0.05) is 38.8 Å². The first-order chi connectivity index (χ1) is 8.25. The van der Waals surface area contributed by atoms with Crippen molar-refractivity contribution in [3.63, 3.8) is 0 Å². The Labute approximate surface area is 101 Å². The molecule has 3 rings (SSSR count).